The molecule has 0 spiro atoms. The Morgan fingerprint density at radius 1 is 1.15 bits per heavy atom. The van der Waals surface area contributed by atoms with E-state index in [1.165, 1.54) is 11.0 Å². The Labute approximate surface area is 150 Å². The third kappa shape index (κ3) is 3.33. The number of ether oxygens (including phenoxy) is 1. The maximum Gasteiger partial charge on any atom is 0.290 e. The molecule has 0 aliphatic carbocycles. The van der Waals surface area contributed by atoms with E-state index in [0.29, 0.717) is 24.6 Å². The first-order valence-electron chi connectivity index (χ1n) is 8.29. The number of nitrogens with zero attached hydrogens (tertiary/aromatic N) is 2. The van der Waals surface area contributed by atoms with Crippen LogP contribution in [0.15, 0.2) is 45.6 Å². The molecule has 1 aliphatic heterocycles. The molecule has 7 heteroatoms. The molecule has 7 nitrogen and oxygen atoms in total. The minimum Gasteiger partial charge on any atom is -0.497 e. The van der Waals surface area contributed by atoms with Crippen molar-refractivity contribution in [1.29, 1.82) is 0 Å². The molecule has 0 N–H and O–H groups in total. The van der Waals surface area contributed by atoms with Gasteiger partial charge in [0.05, 0.1) is 7.11 Å². The fourth-order valence-corrected chi connectivity index (χ4v) is 3.02. The number of piperazine rings is 1. The number of carbonyl (C=O) groups is 2. The molecular weight excluding hydrogens is 336 g/mol. The zero-order chi connectivity index (χ0) is 18.8. The Hall–Kier alpha value is -3.09. The van der Waals surface area contributed by atoms with E-state index in [4.69, 9.17) is 9.15 Å². The van der Waals surface area contributed by atoms with Crippen LogP contribution in [-0.2, 0) is 4.79 Å². The van der Waals surface area contributed by atoms with Gasteiger partial charge in [-0.3, -0.25) is 14.4 Å². The van der Waals surface area contributed by atoms with Gasteiger partial charge in [0.25, 0.3) is 5.91 Å². The normalized spacial score (nSPS) is 17.3. The number of benzene rings is 1. The second-order valence-electron chi connectivity index (χ2n) is 6.13. The highest BCUT2D eigenvalue weighted by Gasteiger charge is 2.36. The van der Waals surface area contributed by atoms with Crippen molar-refractivity contribution >= 4 is 17.5 Å². The average molecular weight is 356 g/mol. The van der Waals surface area contributed by atoms with Crippen LogP contribution in [0.4, 0.5) is 5.69 Å². The number of hydrogen-bond acceptors (Lipinski definition) is 5. The largest absolute Gasteiger partial charge is 0.497 e. The van der Waals surface area contributed by atoms with Gasteiger partial charge in [0.1, 0.15) is 17.6 Å². The van der Waals surface area contributed by atoms with Crippen molar-refractivity contribution in [2.24, 2.45) is 0 Å². The number of anilines is 1. The summed E-state index contributed by atoms with van der Waals surface area (Å²) in [6.45, 7) is 3.98. The van der Waals surface area contributed by atoms with E-state index in [0.717, 1.165) is 11.8 Å². The Morgan fingerprint density at radius 2 is 1.85 bits per heavy atom. The lowest BCUT2D eigenvalue weighted by molar-refractivity contribution is -0.124. The minimum atomic E-state index is -0.663. The summed E-state index contributed by atoms with van der Waals surface area (Å²) in [7, 11) is 1.58. The second-order valence-corrected chi connectivity index (χ2v) is 6.13. The Bertz CT molecular complexity index is 888. The van der Waals surface area contributed by atoms with E-state index in [2.05, 4.69) is 0 Å². The van der Waals surface area contributed by atoms with Crippen molar-refractivity contribution in [3.63, 3.8) is 0 Å². The minimum absolute atomic E-state index is 0.0486. The smallest absolute Gasteiger partial charge is 0.290 e. The molecule has 1 fully saturated rings. The average Bonchev–Trinajstić information content (AvgIpc) is 2.63. The van der Waals surface area contributed by atoms with Crippen LogP contribution >= 0.6 is 0 Å². The van der Waals surface area contributed by atoms with Crippen LogP contribution in [0.1, 0.15) is 23.2 Å². The highest BCUT2D eigenvalue weighted by atomic mass is 16.5. The Balaban J connectivity index is 1.80. The molecule has 3 rings (SSSR count). The molecule has 26 heavy (non-hydrogen) atoms. The van der Waals surface area contributed by atoms with Gasteiger partial charge >= 0.3 is 0 Å². The topological polar surface area (TPSA) is 80.1 Å². The third-order valence-corrected chi connectivity index (χ3v) is 4.40. The molecule has 2 amide bonds. The number of amides is 2. The molecule has 1 saturated heterocycles. The summed E-state index contributed by atoms with van der Waals surface area (Å²) in [4.78, 5) is 40.1. The Morgan fingerprint density at radius 3 is 2.46 bits per heavy atom. The first kappa shape index (κ1) is 17.7. The van der Waals surface area contributed by atoms with Crippen LogP contribution in [0.2, 0.25) is 0 Å². The van der Waals surface area contributed by atoms with Crippen LogP contribution in [0.3, 0.4) is 0 Å². The second kappa shape index (κ2) is 7.03. The van der Waals surface area contributed by atoms with E-state index in [1.807, 2.05) is 0 Å². The lowest BCUT2D eigenvalue weighted by atomic mass is 10.1. The molecule has 2 aromatic rings. The molecule has 2 heterocycles. The van der Waals surface area contributed by atoms with Gasteiger partial charge in [-0.2, -0.15) is 0 Å². The molecular formula is C19H20N2O5. The monoisotopic (exact) mass is 356 g/mol. The molecule has 1 aliphatic rings. The fourth-order valence-electron chi connectivity index (χ4n) is 3.02. The predicted octanol–water partition coefficient (Wildman–Crippen LogP) is 1.83. The molecule has 0 saturated carbocycles. The van der Waals surface area contributed by atoms with Crippen LogP contribution in [0.5, 0.6) is 5.75 Å². The lowest BCUT2D eigenvalue weighted by Gasteiger charge is -2.38. The van der Waals surface area contributed by atoms with Gasteiger partial charge in [0.2, 0.25) is 5.91 Å². The molecule has 1 aromatic carbocycles. The van der Waals surface area contributed by atoms with Gasteiger partial charge in [-0.05, 0) is 38.1 Å². The van der Waals surface area contributed by atoms with Gasteiger partial charge < -0.3 is 19.0 Å². The van der Waals surface area contributed by atoms with E-state index in [9.17, 15) is 14.4 Å². The summed E-state index contributed by atoms with van der Waals surface area (Å²) in [6.07, 6.45) is 0. The molecule has 136 valence electrons. The highest BCUT2D eigenvalue weighted by molar-refractivity contribution is 6.02. The van der Waals surface area contributed by atoms with Gasteiger partial charge in [0.15, 0.2) is 11.2 Å². The van der Waals surface area contributed by atoms with Crippen molar-refractivity contribution in [3.8, 4) is 5.75 Å². The summed E-state index contributed by atoms with van der Waals surface area (Å²) in [6, 6.07) is 8.98. The molecule has 0 bridgehead atoms. The summed E-state index contributed by atoms with van der Waals surface area (Å²) in [5, 5.41) is 0. The molecule has 0 radical (unpaired) electrons. The quantitative estimate of drug-likeness (QED) is 0.838. The van der Waals surface area contributed by atoms with E-state index in [-0.39, 0.29) is 17.1 Å². The standard InChI is InChI=1S/C19H20N2O5/c1-12-10-15(22)11-17(26-12)19(24)20-8-9-21(18(23)13(20)2)14-4-6-16(25-3)7-5-14/h4-7,10-11,13H,8-9H2,1-3H3/t13-/m0/s1. The highest BCUT2D eigenvalue weighted by Crippen LogP contribution is 2.24. The van der Waals surface area contributed by atoms with E-state index in [1.54, 1.807) is 50.1 Å². The van der Waals surface area contributed by atoms with Crippen LogP contribution in [0.25, 0.3) is 0 Å². The SMILES string of the molecule is COc1ccc(N2CCN(C(=O)c3cc(=O)cc(C)o3)[C@@H](C)C2=O)cc1. The first-order valence-corrected chi connectivity index (χ1v) is 8.29. The fraction of sp³-hybridized carbons (Fsp3) is 0.316. The molecule has 0 unspecified atom stereocenters. The number of carbonyl (C=O) groups excluding carboxylic acids is 2. The summed E-state index contributed by atoms with van der Waals surface area (Å²) in [5.41, 5.74) is 0.449. The number of rotatable bonds is 3. The Kier molecular flexibility index (Phi) is 4.79. The summed E-state index contributed by atoms with van der Waals surface area (Å²) < 4.78 is 10.5. The zero-order valence-electron chi connectivity index (χ0n) is 14.9. The summed E-state index contributed by atoms with van der Waals surface area (Å²) >= 11 is 0. The van der Waals surface area contributed by atoms with Crippen molar-refractivity contribution in [3.05, 3.63) is 58.1 Å². The van der Waals surface area contributed by atoms with Crippen molar-refractivity contribution < 1.29 is 18.7 Å². The van der Waals surface area contributed by atoms with Crippen LogP contribution in [-0.4, -0.2) is 43.0 Å². The maximum atomic E-state index is 12.8. The lowest BCUT2D eigenvalue weighted by Crippen LogP contribution is -2.57. The maximum absolute atomic E-state index is 12.8. The number of aryl methyl sites for hydroxylation is 1. The summed E-state index contributed by atoms with van der Waals surface area (Å²) in [5.74, 6) is 0.368. The van der Waals surface area contributed by atoms with Crippen LogP contribution < -0.4 is 15.1 Å². The van der Waals surface area contributed by atoms with Crippen molar-refractivity contribution in [1.82, 2.24) is 4.90 Å². The van der Waals surface area contributed by atoms with E-state index >= 15 is 0 Å². The van der Waals surface area contributed by atoms with Gasteiger partial charge in [0, 0.05) is 30.9 Å². The number of methoxy groups -OCH3 is 1. The number of hydrogen-bond donors (Lipinski definition) is 0. The molecule has 1 atom stereocenters. The third-order valence-electron chi connectivity index (χ3n) is 4.40. The zero-order valence-corrected chi connectivity index (χ0v) is 14.9. The predicted molar refractivity (Wildman–Crippen MR) is 95.6 cm³/mol. The van der Waals surface area contributed by atoms with Gasteiger partial charge in [-0.25, -0.2) is 0 Å². The van der Waals surface area contributed by atoms with Crippen molar-refractivity contribution in [2.45, 2.75) is 19.9 Å². The van der Waals surface area contributed by atoms with Crippen molar-refractivity contribution in [2.75, 3.05) is 25.1 Å². The van der Waals surface area contributed by atoms with Gasteiger partial charge in [-0.15, -0.1) is 0 Å². The van der Waals surface area contributed by atoms with Gasteiger partial charge in [-0.1, -0.05) is 0 Å². The first-order chi connectivity index (χ1) is 12.4. The van der Waals surface area contributed by atoms with Crippen LogP contribution in [0, 0.1) is 6.92 Å². The molecule has 1 aromatic heterocycles. The van der Waals surface area contributed by atoms with E-state index < -0.39 is 11.9 Å².